The van der Waals surface area contributed by atoms with Gasteiger partial charge in [-0.25, -0.2) is 0 Å². The van der Waals surface area contributed by atoms with Gasteiger partial charge in [0.25, 0.3) is 0 Å². The number of nitrogen functional groups attached to an aromatic ring is 1. The molecule has 1 aromatic heterocycles. The highest BCUT2D eigenvalue weighted by molar-refractivity contribution is 6.33. The number of benzene rings is 1. The van der Waals surface area contributed by atoms with E-state index in [1.54, 1.807) is 25.3 Å². The highest BCUT2D eigenvalue weighted by Gasteiger charge is 2.11. The van der Waals surface area contributed by atoms with Crippen molar-refractivity contribution in [3.63, 3.8) is 0 Å². The third kappa shape index (κ3) is 2.37. The van der Waals surface area contributed by atoms with E-state index in [4.69, 9.17) is 33.7 Å². The second kappa shape index (κ2) is 5.04. The van der Waals surface area contributed by atoms with Crippen molar-refractivity contribution in [2.45, 2.75) is 6.92 Å². The zero-order valence-corrected chi connectivity index (χ0v) is 11.5. The molecule has 0 aliphatic heterocycles. The van der Waals surface area contributed by atoms with E-state index in [1.807, 2.05) is 13.0 Å². The molecule has 0 unspecified atom stereocenters. The van der Waals surface area contributed by atoms with Crippen LogP contribution in [0.2, 0.25) is 10.0 Å². The van der Waals surface area contributed by atoms with Gasteiger partial charge in [-0.1, -0.05) is 23.2 Å². The lowest BCUT2D eigenvalue weighted by atomic mass is 10.1. The molecule has 1 heterocycles. The Hall–Kier alpha value is -1.45. The lowest BCUT2D eigenvalue weighted by Crippen LogP contribution is -1.96. The van der Waals surface area contributed by atoms with Gasteiger partial charge in [0.15, 0.2) is 0 Å². The molecule has 1 aromatic carbocycles. The number of rotatable bonds is 2. The van der Waals surface area contributed by atoms with Crippen molar-refractivity contribution in [3.05, 3.63) is 40.0 Å². The Morgan fingerprint density at radius 1 is 1.22 bits per heavy atom. The van der Waals surface area contributed by atoms with Gasteiger partial charge in [0.1, 0.15) is 5.75 Å². The van der Waals surface area contributed by atoms with Gasteiger partial charge in [0, 0.05) is 10.6 Å². The molecule has 0 spiro atoms. The number of aryl methyl sites for hydroxylation is 1. The fourth-order valence-electron chi connectivity index (χ4n) is 1.70. The molecule has 0 amide bonds. The average molecular weight is 283 g/mol. The molecule has 0 fully saturated rings. The summed E-state index contributed by atoms with van der Waals surface area (Å²) in [4.78, 5) is 4.41. The van der Waals surface area contributed by atoms with Crippen molar-refractivity contribution >= 4 is 28.9 Å². The molecule has 2 N–H and O–H groups in total. The van der Waals surface area contributed by atoms with Crippen molar-refractivity contribution in [2.24, 2.45) is 0 Å². The summed E-state index contributed by atoms with van der Waals surface area (Å²) in [6.07, 6.45) is 0. The molecule has 0 aliphatic carbocycles. The topological polar surface area (TPSA) is 48.1 Å². The second-order valence-electron chi connectivity index (χ2n) is 3.84. The van der Waals surface area contributed by atoms with E-state index in [9.17, 15) is 0 Å². The third-order valence-corrected chi connectivity index (χ3v) is 3.32. The van der Waals surface area contributed by atoms with Crippen molar-refractivity contribution in [1.29, 1.82) is 0 Å². The van der Waals surface area contributed by atoms with Gasteiger partial charge in [-0.3, -0.25) is 4.98 Å². The normalized spacial score (nSPS) is 10.4. The van der Waals surface area contributed by atoms with Gasteiger partial charge in [-0.2, -0.15) is 0 Å². The minimum Gasteiger partial charge on any atom is -0.496 e. The third-order valence-electron chi connectivity index (χ3n) is 2.59. The molecule has 94 valence electrons. The predicted octanol–water partition coefficient (Wildman–Crippen LogP) is 3.95. The summed E-state index contributed by atoms with van der Waals surface area (Å²) in [5, 5.41) is 1.08. The van der Waals surface area contributed by atoms with Gasteiger partial charge in [0.05, 0.1) is 29.2 Å². The van der Waals surface area contributed by atoms with Crippen LogP contribution in [0, 0.1) is 6.92 Å². The molecule has 0 aliphatic rings. The van der Waals surface area contributed by atoms with Crippen LogP contribution < -0.4 is 10.5 Å². The van der Waals surface area contributed by atoms with E-state index >= 15 is 0 Å². The first-order valence-corrected chi connectivity index (χ1v) is 6.05. The number of hydrogen-bond acceptors (Lipinski definition) is 3. The maximum Gasteiger partial charge on any atom is 0.129 e. The summed E-state index contributed by atoms with van der Waals surface area (Å²) in [6.45, 7) is 1.81. The minimum atomic E-state index is 0.478. The number of nitrogens with two attached hydrogens (primary N) is 1. The number of pyridine rings is 1. The number of methoxy groups -OCH3 is 1. The maximum absolute atomic E-state index is 6.00. The monoisotopic (exact) mass is 282 g/mol. The van der Waals surface area contributed by atoms with Crippen LogP contribution in [0.4, 0.5) is 5.69 Å². The van der Waals surface area contributed by atoms with Gasteiger partial charge in [0.2, 0.25) is 0 Å². The Bertz CT molecular complexity index is 577. The zero-order chi connectivity index (χ0) is 13.3. The van der Waals surface area contributed by atoms with E-state index in [1.165, 1.54) is 0 Å². The first-order valence-electron chi connectivity index (χ1n) is 5.29. The largest absolute Gasteiger partial charge is 0.496 e. The van der Waals surface area contributed by atoms with E-state index in [0.29, 0.717) is 32.9 Å². The van der Waals surface area contributed by atoms with Crippen LogP contribution in [0.5, 0.6) is 5.75 Å². The van der Waals surface area contributed by atoms with Crippen molar-refractivity contribution in [1.82, 2.24) is 4.98 Å². The highest BCUT2D eigenvalue weighted by atomic mass is 35.5. The first kappa shape index (κ1) is 13.0. The number of nitrogens with zero attached hydrogens (tertiary/aromatic N) is 1. The molecule has 0 bridgehead atoms. The van der Waals surface area contributed by atoms with Gasteiger partial charge >= 0.3 is 0 Å². The van der Waals surface area contributed by atoms with E-state index < -0.39 is 0 Å². The molecule has 2 aromatic rings. The van der Waals surface area contributed by atoms with E-state index in [2.05, 4.69) is 4.98 Å². The number of halogens is 2. The quantitative estimate of drug-likeness (QED) is 0.907. The predicted molar refractivity (Wildman–Crippen MR) is 75.4 cm³/mol. The number of ether oxygens (including phenoxy) is 1. The highest BCUT2D eigenvalue weighted by Crippen LogP contribution is 2.34. The Kier molecular flexibility index (Phi) is 3.64. The van der Waals surface area contributed by atoms with E-state index in [0.717, 1.165) is 5.56 Å². The molecule has 0 atom stereocenters. The Morgan fingerprint density at radius 2 is 1.94 bits per heavy atom. The Morgan fingerprint density at radius 3 is 2.56 bits per heavy atom. The van der Waals surface area contributed by atoms with Gasteiger partial charge in [-0.15, -0.1) is 0 Å². The summed E-state index contributed by atoms with van der Waals surface area (Å²) in [5.41, 5.74) is 8.56. The summed E-state index contributed by atoms with van der Waals surface area (Å²) >= 11 is 11.9. The lowest BCUT2D eigenvalue weighted by molar-refractivity contribution is 0.416. The van der Waals surface area contributed by atoms with Crippen LogP contribution in [-0.2, 0) is 0 Å². The summed E-state index contributed by atoms with van der Waals surface area (Å²) in [6, 6.07) is 7.08. The number of anilines is 1. The van der Waals surface area contributed by atoms with Crippen LogP contribution in [0.1, 0.15) is 5.69 Å². The molecule has 18 heavy (non-hydrogen) atoms. The Labute approximate surface area is 115 Å². The zero-order valence-electron chi connectivity index (χ0n) is 10.00. The van der Waals surface area contributed by atoms with Crippen LogP contribution in [0.15, 0.2) is 24.3 Å². The summed E-state index contributed by atoms with van der Waals surface area (Å²) < 4.78 is 5.29. The fourth-order valence-corrected chi connectivity index (χ4v) is 1.96. The molecule has 0 saturated heterocycles. The van der Waals surface area contributed by atoms with Crippen LogP contribution in [0.3, 0.4) is 0 Å². The first-order chi connectivity index (χ1) is 8.52. The molecular weight excluding hydrogens is 271 g/mol. The van der Waals surface area contributed by atoms with Crippen LogP contribution in [-0.4, -0.2) is 12.1 Å². The molecule has 0 saturated carbocycles. The van der Waals surface area contributed by atoms with Crippen LogP contribution >= 0.6 is 23.2 Å². The van der Waals surface area contributed by atoms with Crippen LogP contribution in [0.25, 0.3) is 11.3 Å². The van der Waals surface area contributed by atoms with Gasteiger partial charge < -0.3 is 10.5 Å². The van der Waals surface area contributed by atoms with Crippen molar-refractivity contribution in [3.8, 4) is 17.0 Å². The van der Waals surface area contributed by atoms with E-state index in [-0.39, 0.29) is 0 Å². The smallest absolute Gasteiger partial charge is 0.129 e. The standard InChI is InChI=1S/C13H12Cl2N2O/c1-7-13(15)10(16)6-11(17-7)9-4-3-8(14)5-12(9)18-2/h3-6H,1-2H3,(H2,16,17). The molecule has 2 rings (SSSR count). The SMILES string of the molecule is COc1cc(Cl)ccc1-c1cc(N)c(Cl)c(C)n1. The number of hydrogen-bond donors (Lipinski definition) is 1. The molecule has 3 nitrogen and oxygen atoms in total. The van der Waals surface area contributed by atoms with Gasteiger partial charge in [-0.05, 0) is 31.2 Å². The van der Waals surface area contributed by atoms with Crippen molar-refractivity contribution in [2.75, 3.05) is 12.8 Å². The summed E-state index contributed by atoms with van der Waals surface area (Å²) in [5.74, 6) is 0.649. The minimum absolute atomic E-state index is 0.478. The van der Waals surface area contributed by atoms with Crippen molar-refractivity contribution < 1.29 is 4.74 Å². The Balaban J connectivity index is 2.62. The molecule has 5 heteroatoms. The fraction of sp³-hybridized carbons (Fsp3) is 0.154. The lowest BCUT2D eigenvalue weighted by Gasteiger charge is -2.11. The molecule has 0 radical (unpaired) electrons. The number of aromatic nitrogens is 1. The maximum atomic E-state index is 6.00. The second-order valence-corrected chi connectivity index (χ2v) is 4.66. The average Bonchev–Trinajstić information content (AvgIpc) is 2.35. The summed E-state index contributed by atoms with van der Waals surface area (Å²) in [7, 11) is 1.58. The molecular formula is C13H12Cl2N2O.